The van der Waals surface area contributed by atoms with Gasteiger partial charge in [0.05, 0.1) is 0 Å². The van der Waals surface area contributed by atoms with Crippen LogP contribution in [-0.2, 0) is 4.79 Å². The van der Waals surface area contributed by atoms with Crippen molar-refractivity contribution < 1.29 is 9.90 Å². The molecule has 13 heavy (non-hydrogen) atoms. The summed E-state index contributed by atoms with van der Waals surface area (Å²) < 4.78 is 0. The van der Waals surface area contributed by atoms with Crippen LogP contribution in [0.5, 0.6) is 0 Å². The fourth-order valence-electron chi connectivity index (χ4n) is 1.95. The van der Waals surface area contributed by atoms with Crippen LogP contribution in [0.4, 0.5) is 0 Å². The second-order valence-electron chi connectivity index (χ2n) is 4.20. The predicted octanol–water partition coefficient (Wildman–Crippen LogP) is 0.0954. The zero-order valence-electron chi connectivity index (χ0n) is 8.74. The maximum atomic E-state index is 11.2. The van der Waals surface area contributed by atoms with Gasteiger partial charge in [0.1, 0.15) is 5.54 Å². The molecule has 0 aromatic carbocycles. The van der Waals surface area contributed by atoms with Gasteiger partial charge in [-0.15, -0.1) is 0 Å². The van der Waals surface area contributed by atoms with E-state index in [0.29, 0.717) is 19.0 Å². The van der Waals surface area contributed by atoms with Crippen molar-refractivity contribution in [1.29, 1.82) is 0 Å². The summed E-state index contributed by atoms with van der Waals surface area (Å²) in [5.41, 5.74) is -0.686. The Bertz CT molecular complexity index is 206. The number of hydrogen-bond acceptors (Lipinski definition) is 3. The lowest BCUT2D eigenvalue weighted by Crippen LogP contribution is -2.52. The lowest BCUT2D eigenvalue weighted by molar-refractivity contribution is -0.149. The summed E-state index contributed by atoms with van der Waals surface area (Å²) in [4.78, 5) is 15.1. The summed E-state index contributed by atoms with van der Waals surface area (Å²) in [6.45, 7) is 2.67. The van der Waals surface area contributed by atoms with Crippen LogP contribution < -0.4 is 0 Å². The van der Waals surface area contributed by atoms with Gasteiger partial charge in [0.15, 0.2) is 0 Å². The third-order valence-corrected chi connectivity index (χ3v) is 3.15. The number of rotatable bonds is 2. The van der Waals surface area contributed by atoms with Crippen LogP contribution >= 0.6 is 0 Å². The Hall–Kier alpha value is -0.610. The molecule has 1 rings (SSSR count). The van der Waals surface area contributed by atoms with Crippen LogP contribution in [0.1, 0.15) is 13.3 Å². The van der Waals surface area contributed by atoms with E-state index in [1.807, 2.05) is 26.0 Å². The topological polar surface area (TPSA) is 43.8 Å². The smallest absolute Gasteiger partial charge is 0.325 e. The maximum Gasteiger partial charge on any atom is 0.325 e. The van der Waals surface area contributed by atoms with E-state index in [-0.39, 0.29) is 0 Å². The summed E-state index contributed by atoms with van der Waals surface area (Å²) in [5.74, 6) is -0.714. The van der Waals surface area contributed by atoms with Gasteiger partial charge in [-0.3, -0.25) is 9.69 Å². The molecular formula is C9H18N2O2. The molecule has 1 saturated heterocycles. The van der Waals surface area contributed by atoms with Crippen molar-refractivity contribution in [1.82, 2.24) is 9.80 Å². The monoisotopic (exact) mass is 186 g/mol. The first kappa shape index (κ1) is 10.5. The molecule has 0 aromatic rings. The van der Waals surface area contributed by atoms with Crippen molar-refractivity contribution >= 4 is 5.97 Å². The van der Waals surface area contributed by atoms with E-state index in [0.717, 1.165) is 0 Å². The molecule has 1 fully saturated rings. The van der Waals surface area contributed by atoms with Gasteiger partial charge in [-0.25, -0.2) is 0 Å². The van der Waals surface area contributed by atoms with Crippen LogP contribution in [0.3, 0.4) is 0 Å². The van der Waals surface area contributed by atoms with Gasteiger partial charge in [0.2, 0.25) is 0 Å². The van der Waals surface area contributed by atoms with E-state index < -0.39 is 11.5 Å². The number of hydrogen-bond donors (Lipinski definition) is 1. The molecule has 4 heteroatoms. The molecule has 0 saturated carbocycles. The lowest BCUT2D eigenvalue weighted by Gasteiger charge is -2.31. The number of aliphatic carboxylic acids is 1. The molecule has 76 valence electrons. The van der Waals surface area contributed by atoms with Crippen molar-refractivity contribution in [3.8, 4) is 0 Å². The van der Waals surface area contributed by atoms with Crippen LogP contribution in [-0.4, -0.2) is 60.1 Å². The quantitative estimate of drug-likeness (QED) is 0.664. The van der Waals surface area contributed by atoms with Gasteiger partial charge in [-0.05, 0) is 34.5 Å². The fourth-order valence-corrected chi connectivity index (χ4v) is 1.95. The highest BCUT2D eigenvalue weighted by atomic mass is 16.4. The molecule has 1 aliphatic heterocycles. The molecule has 0 aliphatic carbocycles. The minimum absolute atomic E-state index is 0.346. The number of carboxylic acids is 1. The minimum Gasteiger partial charge on any atom is -0.480 e. The van der Waals surface area contributed by atoms with E-state index in [1.54, 1.807) is 0 Å². The molecule has 1 N–H and O–H groups in total. The first-order valence-corrected chi connectivity index (χ1v) is 4.51. The predicted molar refractivity (Wildman–Crippen MR) is 50.8 cm³/mol. The highest BCUT2D eigenvalue weighted by molar-refractivity contribution is 5.79. The molecule has 0 spiro atoms. The fraction of sp³-hybridized carbons (Fsp3) is 0.889. The Morgan fingerprint density at radius 3 is 2.31 bits per heavy atom. The summed E-state index contributed by atoms with van der Waals surface area (Å²) >= 11 is 0. The second-order valence-corrected chi connectivity index (χ2v) is 4.20. The standard InChI is InChI=1S/C9H18N2O2/c1-7-5-9(8(12)13,10(2)3)6-11(7)4/h7H,5-6H2,1-4H3,(H,12,13). The van der Waals surface area contributed by atoms with Crippen LogP contribution in [0.2, 0.25) is 0 Å². The van der Waals surface area contributed by atoms with Gasteiger partial charge >= 0.3 is 5.97 Å². The molecule has 2 atom stereocenters. The van der Waals surface area contributed by atoms with E-state index in [9.17, 15) is 9.90 Å². The van der Waals surface area contributed by atoms with Crippen LogP contribution in [0.25, 0.3) is 0 Å². The Morgan fingerprint density at radius 2 is 2.15 bits per heavy atom. The third kappa shape index (κ3) is 1.56. The second kappa shape index (κ2) is 3.27. The molecule has 0 radical (unpaired) electrons. The van der Waals surface area contributed by atoms with Crippen molar-refractivity contribution in [2.45, 2.75) is 24.9 Å². The van der Waals surface area contributed by atoms with E-state index >= 15 is 0 Å². The normalized spacial score (nSPS) is 35.6. The highest BCUT2D eigenvalue weighted by Gasteiger charge is 2.48. The number of carboxylic acid groups (broad SMARTS) is 1. The van der Waals surface area contributed by atoms with Crippen LogP contribution in [0.15, 0.2) is 0 Å². The van der Waals surface area contributed by atoms with E-state index in [4.69, 9.17) is 0 Å². The molecular weight excluding hydrogens is 168 g/mol. The first-order valence-electron chi connectivity index (χ1n) is 4.51. The summed E-state index contributed by atoms with van der Waals surface area (Å²) in [6, 6.07) is 0.346. The minimum atomic E-state index is -0.714. The average molecular weight is 186 g/mol. The van der Waals surface area contributed by atoms with Gasteiger partial charge in [-0.2, -0.15) is 0 Å². The molecule has 0 bridgehead atoms. The van der Waals surface area contributed by atoms with Gasteiger partial charge in [0.25, 0.3) is 0 Å². The number of carbonyl (C=O) groups is 1. The lowest BCUT2D eigenvalue weighted by atomic mass is 9.95. The average Bonchev–Trinajstić information content (AvgIpc) is 2.29. The number of likely N-dealkylation sites (N-methyl/N-ethyl adjacent to an activating group) is 2. The molecule has 0 aromatic heterocycles. The zero-order chi connectivity index (χ0) is 10.2. The summed E-state index contributed by atoms with van der Waals surface area (Å²) in [6.07, 6.45) is 0.700. The molecule has 1 aliphatic rings. The van der Waals surface area contributed by atoms with Crippen molar-refractivity contribution in [2.24, 2.45) is 0 Å². The van der Waals surface area contributed by atoms with E-state index in [1.165, 1.54) is 0 Å². The Kier molecular flexibility index (Phi) is 2.63. The summed E-state index contributed by atoms with van der Waals surface area (Å²) in [5, 5.41) is 9.20. The zero-order valence-corrected chi connectivity index (χ0v) is 8.74. The van der Waals surface area contributed by atoms with Crippen molar-refractivity contribution in [2.75, 3.05) is 27.7 Å². The van der Waals surface area contributed by atoms with Gasteiger partial charge in [-0.1, -0.05) is 0 Å². The van der Waals surface area contributed by atoms with Gasteiger partial charge < -0.3 is 10.0 Å². The van der Waals surface area contributed by atoms with Crippen molar-refractivity contribution in [3.05, 3.63) is 0 Å². The summed E-state index contributed by atoms with van der Waals surface area (Å²) in [7, 11) is 5.64. The van der Waals surface area contributed by atoms with Crippen LogP contribution in [0, 0.1) is 0 Å². The Labute approximate surface area is 79.1 Å². The SMILES string of the molecule is CC1CC(C(=O)O)(N(C)C)CN1C. The van der Waals surface area contributed by atoms with Crippen molar-refractivity contribution in [3.63, 3.8) is 0 Å². The maximum absolute atomic E-state index is 11.2. The van der Waals surface area contributed by atoms with E-state index in [2.05, 4.69) is 11.8 Å². The molecule has 4 nitrogen and oxygen atoms in total. The Morgan fingerprint density at radius 1 is 1.62 bits per heavy atom. The first-order chi connectivity index (χ1) is 5.90. The highest BCUT2D eigenvalue weighted by Crippen LogP contribution is 2.29. The van der Waals surface area contributed by atoms with Gasteiger partial charge in [0, 0.05) is 12.6 Å². The largest absolute Gasteiger partial charge is 0.480 e. The molecule has 2 unspecified atom stereocenters. The number of nitrogens with zero attached hydrogens (tertiary/aromatic N) is 2. The Balaban J connectivity index is 2.90. The number of likely N-dealkylation sites (tertiary alicyclic amines) is 1. The molecule has 1 heterocycles. The molecule has 0 amide bonds. The third-order valence-electron chi connectivity index (χ3n) is 3.15.